The summed E-state index contributed by atoms with van der Waals surface area (Å²) in [6.45, 7) is 3.73. The zero-order chi connectivity index (χ0) is 13.9. The third-order valence-corrected chi connectivity index (χ3v) is 3.67. The standard InChI is InChI=1S/C15H16ClNO2/c1-11-8-9-19-13(11)14(18)17-15(2,10-16)12-6-4-3-5-7-12/h3-9H,10H2,1-2H3,(H,17,18). The molecule has 0 spiro atoms. The second kappa shape index (κ2) is 5.49. The molecule has 100 valence electrons. The van der Waals surface area contributed by atoms with Crippen molar-refractivity contribution in [2.45, 2.75) is 19.4 Å². The van der Waals surface area contributed by atoms with Gasteiger partial charge in [-0.05, 0) is 25.5 Å². The molecule has 1 aromatic carbocycles. The Morgan fingerprint density at radius 3 is 2.53 bits per heavy atom. The number of nitrogens with one attached hydrogen (secondary N) is 1. The van der Waals surface area contributed by atoms with Gasteiger partial charge in [-0.2, -0.15) is 0 Å². The first kappa shape index (κ1) is 13.7. The monoisotopic (exact) mass is 277 g/mol. The molecule has 1 aromatic heterocycles. The molecule has 1 N–H and O–H groups in total. The van der Waals surface area contributed by atoms with Crippen LogP contribution in [0.3, 0.4) is 0 Å². The summed E-state index contributed by atoms with van der Waals surface area (Å²) in [7, 11) is 0. The molecule has 0 radical (unpaired) electrons. The molecule has 0 fully saturated rings. The molecule has 0 saturated heterocycles. The highest BCUT2D eigenvalue weighted by Crippen LogP contribution is 2.23. The fourth-order valence-corrected chi connectivity index (χ4v) is 2.12. The van der Waals surface area contributed by atoms with Crippen LogP contribution in [-0.4, -0.2) is 11.8 Å². The van der Waals surface area contributed by atoms with Gasteiger partial charge in [-0.15, -0.1) is 11.6 Å². The summed E-state index contributed by atoms with van der Waals surface area (Å²) in [5.41, 5.74) is 1.14. The number of carbonyl (C=O) groups is 1. The summed E-state index contributed by atoms with van der Waals surface area (Å²) in [4.78, 5) is 12.2. The lowest BCUT2D eigenvalue weighted by molar-refractivity contribution is 0.0883. The van der Waals surface area contributed by atoms with Crippen molar-refractivity contribution in [3.8, 4) is 0 Å². The van der Waals surface area contributed by atoms with Crippen LogP contribution in [0.25, 0.3) is 0 Å². The van der Waals surface area contributed by atoms with Gasteiger partial charge in [0.2, 0.25) is 0 Å². The summed E-state index contributed by atoms with van der Waals surface area (Å²) in [5, 5.41) is 2.94. The number of amides is 1. The lowest BCUT2D eigenvalue weighted by atomic mass is 9.94. The molecule has 2 aromatic rings. The van der Waals surface area contributed by atoms with Gasteiger partial charge in [-0.1, -0.05) is 30.3 Å². The maximum Gasteiger partial charge on any atom is 0.287 e. The number of aryl methyl sites for hydroxylation is 1. The average molecular weight is 278 g/mol. The van der Waals surface area contributed by atoms with E-state index in [0.29, 0.717) is 5.76 Å². The van der Waals surface area contributed by atoms with Crippen molar-refractivity contribution in [3.05, 3.63) is 59.5 Å². The molecule has 3 nitrogen and oxygen atoms in total. The minimum absolute atomic E-state index is 0.255. The summed E-state index contributed by atoms with van der Waals surface area (Å²) in [6.07, 6.45) is 1.50. The zero-order valence-electron chi connectivity index (χ0n) is 10.9. The third-order valence-electron chi connectivity index (χ3n) is 3.14. The summed E-state index contributed by atoms with van der Waals surface area (Å²) < 4.78 is 5.20. The molecule has 4 heteroatoms. The lowest BCUT2D eigenvalue weighted by Gasteiger charge is -2.28. The lowest BCUT2D eigenvalue weighted by Crippen LogP contribution is -2.45. The molecular weight excluding hydrogens is 262 g/mol. The van der Waals surface area contributed by atoms with Crippen LogP contribution in [0, 0.1) is 6.92 Å². The van der Waals surface area contributed by atoms with Crippen LogP contribution < -0.4 is 5.32 Å². The number of hydrogen-bond acceptors (Lipinski definition) is 2. The van der Waals surface area contributed by atoms with Crippen LogP contribution in [0.2, 0.25) is 0 Å². The maximum atomic E-state index is 12.2. The second-order valence-electron chi connectivity index (χ2n) is 4.72. The van der Waals surface area contributed by atoms with E-state index in [1.165, 1.54) is 6.26 Å². The van der Waals surface area contributed by atoms with Crippen molar-refractivity contribution >= 4 is 17.5 Å². The highest BCUT2D eigenvalue weighted by molar-refractivity contribution is 6.18. The first-order chi connectivity index (χ1) is 9.07. The van der Waals surface area contributed by atoms with Gasteiger partial charge in [0, 0.05) is 11.4 Å². The smallest absolute Gasteiger partial charge is 0.287 e. The van der Waals surface area contributed by atoms with Crippen molar-refractivity contribution in [2.75, 3.05) is 5.88 Å². The van der Waals surface area contributed by atoms with Gasteiger partial charge in [0.1, 0.15) is 0 Å². The van der Waals surface area contributed by atoms with E-state index in [0.717, 1.165) is 11.1 Å². The van der Waals surface area contributed by atoms with Crippen LogP contribution >= 0.6 is 11.6 Å². The van der Waals surface area contributed by atoms with Gasteiger partial charge in [0.15, 0.2) is 5.76 Å². The number of hydrogen-bond donors (Lipinski definition) is 1. The molecule has 1 atom stereocenters. The quantitative estimate of drug-likeness (QED) is 0.870. The van der Waals surface area contributed by atoms with Gasteiger partial charge in [-0.25, -0.2) is 0 Å². The van der Waals surface area contributed by atoms with E-state index in [2.05, 4.69) is 5.32 Å². The van der Waals surface area contributed by atoms with Crippen LogP contribution in [0.1, 0.15) is 28.6 Å². The van der Waals surface area contributed by atoms with E-state index < -0.39 is 5.54 Å². The molecule has 0 aliphatic rings. The van der Waals surface area contributed by atoms with Crippen molar-refractivity contribution in [2.24, 2.45) is 0 Å². The molecule has 19 heavy (non-hydrogen) atoms. The van der Waals surface area contributed by atoms with Gasteiger partial charge in [0.25, 0.3) is 5.91 Å². The Bertz CT molecular complexity index is 565. The summed E-state index contributed by atoms with van der Waals surface area (Å²) in [5.74, 6) is 0.351. The number of carbonyl (C=O) groups excluding carboxylic acids is 1. The van der Waals surface area contributed by atoms with Gasteiger partial charge in [0.05, 0.1) is 11.8 Å². The van der Waals surface area contributed by atoms with Crippen LogP contribution in [0.4, 0.5) is 0 Å². The molecule has 1 unspecified atom stereocenters. The molecule has 1 heterocycles. The number of alkyl halides is 1. The number of rotatable bonds is 4. The Hall–Kier alpha value is -1.74. The van der Waals surface area contributed by atoms with Crippen molar-refractivity contribution in [1.82, 2.24) is 5.32 Å². The largest absolute Gasteiger partial charge is 0.459 e. The SMILES string of the molecule is Cc1ccoc1C(=O)NC(C)(CCl)c1ccccc1. The van der Waals surface area contributed by atoms with Gasteiger partial charge >= 0.3 is 0 Å². The predicted octanol–water partition coefficient (Wildman–Crippen LogP) is 3.47. The zero-order valence-corrected chi connectivity index (χ0v) is 11.7. The van der Waals surface area contributed by atoms with E-state index >= 15 is 0 Å². The summed E-state index contributed by atoms with van der Waals surface area (Å²) >= 11 is 6.04. The van der Waals surface area contributed by atoms with E-state index in [1.807, 2.05) is 44.2 Å². The Labute approximate surface area is 117 Å². The van der Waals surface area contributed by atoms with Crippen LogP contribution in [0.15, 0.2) is 47.1 Å². The minimum atomic E-state index is -0.626. The first-order valence-corrected chi connectivity index (χ1v) is 6.58. The fraction of sp³-hybridized carbons (Fsp3) is 0.267. The molecule has 0 aliphatic heterocycles. The Kier molecular flexibility index (Phi) is 3.96. The van der Waals surface area contributed by atoms with E-state index in [9.17, 15) is 4.79 Å². The van der Waals surface area contributed by atoms with Gasteiger partial charge < -0.3 is 9.73 Å². The normalized spacial score (nSPS) is 13.8. The van der Waals surface area contributed by atoms with Crippen molar-refractivity contribution in [3.63, 3.8) is 0 Å². The number of benzene rings is 1. The van der Waals surface area contributed by atoms with E-state index in [-0.39, 0.29) is 11.8 Å². The van der Waals surface area contributed by atoms with E-state index in [4.69, 9.17) is 16.0 Å². The maximum absolute atomic E-state index is 12.2. The molecule has 0 bridgehead atoms. The second-order valence-corrected chi connectivity index (χ2v) is 4.99. The first-order valence-electron chi connectivity index (χ1n) is 6.05. The molecule has 0 aliphatic carbocycles. The highest BCUT2D eigenvalue weighted by atomic mass is 35.5. The molecule has 2 rings (SSSR count). The minimum Gasteiger partial charge on any atom is -0.459 e. The predicted molar refractivity (Wildman–Crippen MR) is 75.4 cm³/mol. The Morgan fingerprint density at radius 2 is 2.00 bits per heavy atom. The Balaban J connectivity index is 2.25. The Morgan fingerprint density at radius 1 is 1.32 bits per heavy atom. The molecular formula is C15H16ClNO2. The van der Waals surface area contributed by atoms with E-state index in [1.54, 1.807) is 6.07 Å². The van der Waals surface area contributed by atoms with Gasteiger partial charge in [-0.3, -0.25) is 4.79 Å². The van der Waals surface area contributed by atoms with Crippen molar-refractivity contribution in [1.29, 1.82) is 0 Å². The number of halogens is 1. The third kappa shape index (κ3) is 2.82. The molecule has 0 saturated carbocycles. The topological polar surface area (TPSA) is 42.2 Å². The highest BCUT2D eigenvalue weighted by Gasteiger charge is 2.29. The number of furan rings is 1. The van der Waals surface area contributed by atoms with Crippen molar-refractivity contribution < 1.29 is 9.21 Å². The average Bonchev–Trinajstić information content (AvgIpc) is 2.86. The molecule has 1 amide bonds. The summed E-state index contributed by atoms with van der Waals surface area (Å²) in [6, 6.07) is 11.4. The fourth-order valence-electron chi connectivity index (χ4n) is 1.90. The van der Waals surface area contributed by atoms with Crippen LogP contribution in [0.5, 0.6) is 0 Å². The van der Waals surface area contributed by atoms with Crippen LogP contribution in [-0.2, 0) is 5.54 Å².